The molecule has 142 valence electrons. The van der Waals surface area contributed by atoms with Crippen LogP contribution in [0.25, 0.3) is 11.3 Å². The van der Waals surface area contributed by atoms with Gasteiger partial charge >= 0.3 is 0 Å². The average Bonchev–Trinajstić information content (AvgIpc) is 2.72. The van der Waals surface area contributed by atoms with Gasteiger partial charge in [0.1, 0.15) is 11.9 Å². The van der Waals surface area contributed by atoms with Crippen molar-refractivity contribution in [3.63, 3.8) is 0 Å². The fourth-order valence-corrected chi connectivity index (χ4v) is 2.77. The molecule has 0 radical (unpaired) electrons. The Morgan fingerprint density at radius 1 is 1.00 bits per heavy atom. The van der Waals surface area contributed by atoms with E-state index in [2.05, 4.69) is 32.7 Å². The van der Waals surface area contributed by atoms with E-state index in [4.69, 9.17) is 4.74 Å². The number of aromatic nitrogens is 2. The summed E-state index contributed by atoms with van der Waals surface area (Å²) >= 11 is 0. The van der Waals surface area contributed by atoms with Crippen molar-refractivity contribution in [3.8, 4) is 17.0 Å². The van der Waals surface area contributed by atoms with E-state index in [-0.39, 0.29) is 19.6 Å². The zero-order valence-corrected chi connectivity index (χ0v) is 16.6. The van der Waals surface area contributed by atoms with Crippen LogP contribution in [0.2, 0.25) is 0 Å². The first-order valence-electron chi connectivity index (χ1n) is 8.77. The quantitative estimate of drug-likeness (QED) is 0.616. The number of hydrogen-bond acceptors (Lipinski definition) is 5. The van der Waals surface area contributed by atoms with Crippen LogP contribution in [0.3, 0.4) is 0 Å². The molecular formula is C21H26N4OS. The van der Waals surface area contributed by atoms with E-state index >= 15 is 0 Å². The highest BCUT2D eigenvalue weighted by atomic mass is 32.1. The van der Waals surface area contributed by atoms with Crippen molar-refractivity contribution < 1.29 is 4.74 Å². The van der Waals surface area contributed by atoms with Gasteiger partial charge in [-0.15, -0.1) is 0 Å². The van der Waals surface area contributed by atoms with Crippen molar-refractivity contribution in [2.24, 2.45) is 0 Å². The van der Waals surface area contributed by atoms with Gasteiger partial charge in [-0.3, -0.25) is 0 Å². The van der Waals surface area contributed by atoms with Gasteiger partial charge in [0.15, 0.2) is 0 Å². The fraction of sp³-hybridized carbons (Fsp3) is 0.238. The molecule has 5 nitrogen and oxygen atoms in total. The third-order valence-electron chi connectivity index (χ3n) is 4.12. The van der Waals surface area contributed by atoms with Crippen molar-refractivity contribution in [2.75, 3.05) is 26.0 Å². The molecule has 0 fully saturated rings. The van der Waals surface area contributed by atoms with Gasteiger partial charge in [-0.05, 0) is 37.4 Å². The van der Waals surface area contributed by atoms with Crippen LogP contribution < -0.4 is 15.4 Å². The molecule has 0 bridgehead atoms. The van der Waals surface area contributed by atoms with E-state index in [1.807, 2.05) is 62.6 Å². The predicted molar refractivity (Wildman–Crippen MR) is 116 cm³/mol. The Kier molecular flexibility index (Phi) is 8.10. The SMILES string of the molecule is CNCC[C@H](Oc1cccc(-c2ccnc(NC)n2)c1)c1ccccc1.S. The molecule has 3 rings (SSSR count). The third-order valence-corrected chi connectivity index (χ3v) is 4.12. The summed E-state index contributed by atoms with van der Waals surface area (Å²) in [5, 5.41) is 6.17. The molecular weight excluding hydrogens is 356 g/mol. The van der Waals surface area contributed by atoms with E-state index in [0.717, 1.165) is 30.0 Å². The minimum Gasteiger partial charge on any atom is -0.486 e. The molecule has 2 N–H and O–H groups in total. The maximum atomic E-state index is 6.32. The predicted octanol–water partition coefficient (Wildman–Crippen LogP) is 4.03. The second kappa shape index (κ2) is 10.5. The molecule has 0 spiro atoms. The number of nitrogens with one attached hydrogen (secondary N) is 2. The van der Waals surface area contributed by atoms with Gasteiger partial charge in [0.05, 0.1) is 5.69 Å². The first-order valence-corrected chi connectivity index (χ1v) is 8.77. The molecule has 1 atom stereocenters. The Hall–Kier alpha value is -2.57. The van der Waals surface area contributed by atoms with E-state index in [0.29, 0.717) is 5.95 Å². The second-order valence-corrected chi connectivity index (χ2v) is 5.95. The molecule has 6 heteroatoms. The molecule has 0 unspecified atom stereocenters. The van der Waals surface area contributed by atoms with Crippen LogP contribution in [0.1, 0.15) is 18.1 Å². The maximum Gasteiger partial charge on any atom is 0.222 e. The first kappa shape index (κ1) is 20.7. The number of rotatable bonds is 8. The normalized spacial score (nSPS) is 11.3. The number of ether oxygens (including phenoxy) is 1. The Balaban J connectivity index is 0.00000261. The third kappa shape index (κ3) is 5.70. The summed E-state index contributed by atoms with van der Waals surface area (Å²) in [7, 11) is 3.77. The molecule has 0 saturated heterocycles. The van der Waals surface area contributed by atoms with Crippen LogP contribution in [0.4, 0.5) is 5.95 Å². The lowest BCUT2D eigenvalue weighted by Crippen LogP contribution is -2.16. The lowest BCUT2D eigenvalue weighted by Gasteiger charge is -2.20. The number of nitrogens with zero attached hydrogens (tertiary/aromatic N) is 2. The van der Waals surface area contributed by atoms with Gasteiger partial charge in [0.25, 0.3) is 0 Å². The minimum absolute atomic E-state index is 0. The highest BCUT2D eigenvalue weighted by molar-refractivity contribution is 7.59. The zero-order valence-electron chi connectivity index (χ0n) is 15.6. The Morgan fingerprint density at radius 3 is 2.56 bits per heavy atom. The molecule has 0 aliphatic carbocycles. The first-order chi connectivity index (χ1) is 12.8. The monoisotopic (exact) mass is 382 g/mol. The lowest BCUT2D eigenvalue weighted by atomic mass is 10.1. The standard InChI is InChI=1S/C21H24N4O.H2S/c1-22-13-12-20(16-7-4-3-5-8-16)26-18-10-6-9-17(15-18)19-11-14-24-21(23-2)25-19;/h3-11,14-15,20,22H,12-13H2,1-2H3,(H,23,24,25);1H2/t20-;/m0./s1. The van der Waals surface area contributed by atoms with Crippen molar-refractivity contribution in [3.05, 3.63) is 72.4 Å². The second-order valence-electron chi connectivity index (χ2n) is 5.95. The molecule has 0 aliphatic rings. The van der Waals surface area contributed by atoms with E-state index < -0.39 is 0 Å². The summed E-state index contributed by atoms with van der Waals surface area (Å²) < 4.78 is 6.32. The molecule has 2 aromatic carbocycles. The maximum absolute atomic E-state index is 6.32. The molecule has 0 saturated carbocycles. The topological polar surface area (TPSA) is 59.1 Å². The largest absolute Gasteiger partial charge is 0.486 e. The van der Waals surface area contributed by atoms with Gasteiger partial charge in [-0.25, -0.2) is 9.97 Å². The van der Waals surface area contributed by atoms with Crippen LogP contribution in [0.5, 0.6) is 5.75 Å². The minimum atomic E-state index is -0.00262. The molecule has 27 heavy (non-hydrogen) atoms. The summed E-state index contributed by atoms with van der Waals surface area (Å²) in [5.41, 5.74) is 3.04. The Bertz CT molecular complexity index is 829. The van der Waals surface area contributed by atoms with Crippen LogP contribution >= 0.6 is 13.5 Å². The summed E-state index contributed by atoms with van der Waals surface area (Å²) in [5.74, 6) is 1.43. The highest BCUT2D eigenvalue weighted by Crippen LogP contribution is 2.28. The van der Waals surface area contributed by atoms with Crippen LogP contribution in [-0.2, 0) is 0 Å². The number of hydrogen-bond donors (Lipinski definition) is 2. The zero-order chi connectivity index (χ0) is 18.2. The van der Waals surface area contributed by atoms with E-state index in [1.54, 1.807) is 6.20 Å². The van der Waals surface area contributed by atoms with E-state index in [1.165, 1.54) is 5.56 Å². The van der Waals surface area contributed by atoms with Gasteiger partial charge < -0.3 is 15.4 Å². The smallest absolute Gasteiger partial charge is 0.222 e. The summed E-state index contributed by atoms with van der Waals surface area (Å²) in [6, 6.07) is 20.2. The molecule has 1 aromatic heterocycles. The van der Waals surface area contributed by atoms with Gasteiger partial charge in [0, 0.05) is 25.2 Å². The van der Waals surface area contributed by atoms with Crippen molar-refractivity contribution in [1.82, 2.24) is 15.3 Å². The summed E-state index contributed by atoms with van der Waals surface area (Å²) in [6.07, 6.45) is 2.64. The fourth-order valence-electron chi connectivity index (χ4n) is 2.77. The molecule has 3 aromatic rings. The van der Waals surface area contributed by atoms with Crippen LogP contribution in [-0.4, -0.2) is 30.6 Å². The van der Waals surface area contributed by atoms with E-state index in [9.17, 15) is 0 Å². The molecule has 0 amide bonds. The lowest BCUT2D eigenvalue weighted by molar-refractivity contribution is 0.195. The summed E-state index contributed by atoms with van der Waals surface area (Å²) in [4.78, 5) is 8.67. The highest BCUT2D eigenvalue weighted by Gasteiger charge is 2.13. The molecule has 0 aliphatic heterocycles. The Morgan fingerprint density at radius 2 is 1.81 bits per heavy atom. The Labute approximate surface area is 167 Å². The molecule has 1 heterocycles. The van der Waals surface area contributed by atoms with Crippen molar-refractivity contribution in [2.45, 2.75) is 12.5 Å². The number of benzene rings is 2. The number of anilines is 1. The van der Waals surface area contributed by atoms with Gasteiger partial charge in [-0.1, -0.05) is 42.5 Å². The van der Waals surface area contributed by atoms with Gasteiger partial charge in [-0.2, -0.15) is 13.5 Å². The van der Waals surface area contributed by atoms with Crippen LogP contribution in [0, 0.1) is 0 Å². The average molecular weight is 383 g/mol. The van der Waals surface area contributed by atoms with Crippen LogP contribution in [0.15, 0.2) is 66.9 Å². The van der Waals surface area contributed by atoms with Gasteiger partial charge in [0.2, 0.25) is 5.95 Å². The summed E-state index contributed by atoms with van der Waals surface area (Å²) in [6.45, 7) is 0.886. The van der Waals surface area contributed by atoms with Crippen molar-refractivity contribution in [1.29, 1.82) is 0 Å². The van der Waals surface area contributed by atoms with Crippen molar-refractivity contribution >= 4 is 19.4 Å².